The number of carbonyl (C=O) groups is 1. The molecule has 3 aromatic rings. The number of benzene rings is 3. The summed E-state index contributed by atoms with van der Waals surface area (Å²) in [4.78, 5) is 19.0. The minimum Gasteiger partial charge on any atom is -0.337 e. The number of aryl methyl sites for hydroxylation is 1. The molecule has 2 aliphatic heterocycles. The maximum absolute atomic E-state index is 14.0. The van der Waals surface area contributed by atoms with Crippen molar-refractivity contribution in [3.8, 4) is 0 Å². The molecular weight excluding hydrogens is 533 g/mol. The van der Waals surface area contributed by atoms with Crippen LogP contribution in [0.25, 0.3) is 0 Å². The van der Waals surface area contributed by atoms with Crippen molar-refractivity contribution in [3.63, 3.8) is 0 Å². The highest BCUT2D eigenvalue weighted by molar-refractivity contribution is 8.21. The fraction of sp³-hybridized carbons (Fsp3) is 0.192. The van der Waals surface area contributed by atoms with Gasteiger partial charge < -0.3 is 4.90 Å². The second-order valence-electron chi connectivity index (χ2n) is 8.32. The number of hydrogen-bond acceptors (Lipinski definition) is 8. The van der Waals surface area contributed by atoms with Gasteiger partial charge in [0.2, 0.25) is 0 Å². The van der Waals surface area contributed by atoms with Crippen LogP contribution in [0.3, 0.4) is 0 Å². The van der Waals surface area contributed by atoms with Crippen molar-refractivity contribution >= 4 is 57.0 Å². The summed E-state index contributed by atoms with van der Waals surface area (Å²) in [6.45, 7) is 2.09. The number of fused-ring (bicyclic) bond motifs is 1. The van der Waals surface area contributed by atoms with E-state index in [1.165, 1.54) is 40.6 Å². The second kappa shape index (κ2) is 9.83. The van der Waals surface area contributed by atoms with Crippen LogP contribution < -0.4 is 4.90 Å². The van der Waals surface area contributed by atoms with Gasteiger partial charge in [0, 0.05) is 11.9 Å². The molecule has 3 aromatic carbocycles. The van der Waals surface area contributed by atoms with Crippen LogP contribution in [0.1, 0.15) is 11.1 Å². The van der Waals surface area contributed by atoms with Crippen molar-refractivity contribution in [1.29, 1.82) is 0 Å². The average Bonchev–Trinajstić information content (AvgIpc) is 3.34. The molecule has 6 nitrogen and oxygen atoms in total. The van der Waals surface area contributed by atoms with E-state index in [9.17, 15) is 13.2 Å². The summed E-state index contributed by atoms with van der Waals surface area (Å²) >= 11 is 3.84. The van der Waals surface area contributed by atoms with E-state index in [0.717, 1.165) is 38.5 Å². The first kappa shape index (κ1) is 25.3. The number of para-hydroxylation sites is 1. The zero-order valence-corrected chi connectivity index (χ0v) is 23.1. The highest BCUT2D eigenvalue weighted by atomic mass is 32.2. The van der Waals surface area contributed by atoms with Crippen molar-refractivity contribution < 1.29 is 17.4 Å². The average molecular weight is 557 g/mol. The van der Waals surface area contributed by atoms with Crippen LogP contribution in [0.15, 0.2) is 98.6 Å². The summed E-state index contributed by atoms with van der Waals surface area (Å²) in [7, 11) is -2.26. The molecule has 2 aliphatic rings. The number of hydrogen-bond donors (Lipinski definition) is 0. The number of thioether (sulfide) groups is 3. The quantitative estimate of drug-likeness (QED) is 0.212. The van der Waals surface area contributed by atoms with E-state index in [-0.39, 0.29) is 17.3 Å². The molecule has 1 amide bonds. The highest BCUT2D eigenvalue weighted by Crippen LogP contribution is 2.57. The molecule has 1 unspecified atom stereocenters. The molecule has 36 heavy (non-hydrogen) atoms. The van der Waals surface area contributed by atoms with Gasteiger partial charge in [-0.05, 0) is 54.8 Å². The van der Waals surface area contributed by atoms with E-state index in [0.29, 0.717) is 4.91 Å². The van der Waals surface area contributed by atoms with Gasteiger partial charge in [0.1, 0.15) is 4.91 Å². The van der Waals surface area contributed by atoms with Crippen molar-refractivity contribution in [3.05, 3.63) is 99.9 Å². The fourth-order valence-electron chi connectivity index (χ4n) is 3.99. The third kappa shape index (κ3) is 4.56. The topological polar surface area (TPSA) is 66.9 Å². The lowest BCUT2D eigenvalue weighted by molar-refractivity contribution is -0.131. The van der Waals surface area contributed by atoms with E-state index in [1.54, 1.807) is 18.4 Å². The zero-order valence-electron chi connectivity index (χ0n) is 19.9. The van der Waals surface area contributed by atoms with Crippen LogP contribution in [0.5, 0.6) is 0 Å². The third-order valence-corrected chi connectivity index (χ3v) is 11.5. The Morgan fingerprint density at radius 1 is 0.972 bits per heavy atom. The normalized spacial score (nSPS) is 21.8. The molecule has 0 N–H and O–H groups in total. The Kier molecular flexibility index (Phi) is 6.90. The number of amides is 1. The van der Waals surface area contributed by atoms with Gasteiger partial charge in [-0.15, -0.1) is 0 Å². The Hall–Kier alpha value is -2.37. The smallest absolute Gasteiger partial charge is 0.300 e. The molecule has 5 rings (SSSR count). The lowest BCUT2D eigenvalue weighted by Crippen LogP contribution is -2.44. The largest absolute Gasteiger partial charge is 0.337 e. The zero-order chi connectivity index (χ0) is 25.5. The fourth-order valence-corrected chi connectivity index (χ4v) is 9.08. The molecule has 0 bridgehead atoms. The van der Waals surface area contributed by atoms with E-state index in [2.05, 4.69) is 0 Å². The van der Waals surface area contributed by atoms with Crippen LogP contribution in [-0.4, -0.2) is 36.9 Å². The summed E-state index contributed by atoms with van der Waals surface area (Å²) in [5.41, 5.74) is 2.82. The number of nitrogens with zero attached hydrogens (tertiary/aromatic N) is 2. The van der Waals surface area contributed by atoms with Crippen LogP contribution in [0, 0.1) is 6.92 Å². The highest BCUT2D eigenvalue weighted by Gasteiger charge is 2.55. The Morgan fingerprint density at radius 2 is 1.64 bits per heavy atom. The van der Waals surface area contributed by atoms with Gasteiger partial charge in [0.05, 0.1) is 22.2 Å². The lowest BCUT2D eigenvalue weighted by Gasteiger charge is -2.34. The summed E-state index contributed by atoms with van der Waals surface area (Å²) in [5, 5.41) is 0.761. The third-order valence-electron chi connectivity index (χ3n) is 5.90. The number of anilines is 1. The van der Waals surface area contributed by atoms with Crippen LogP contribution in [0.4, 0.5) is 5.69 Å². The van der Waals surface area contributed by atoms with Gasteiger partial charge in [-0.1, -0.05) is 83.7 Å². The Bertz CT molecular complexity index is 1440. The predicted molar refractivity (Wildman–Crippen MR) is 148 cm³/mol. The molecule has 1 fully saturated rings. The minimum atomic E-state index is -4.17. The Labute approximate surface area is 224 Å². The van der Waals surface area contributed by atoms with Crippen molar-refractivity contribution in [2.45, 2.75) is 27.6 Å². The maximum atomic E-state index is 14.0. The van der Waals surface area contributed by atoms with Crippen molar-refractivity contribution in [2.75, 3.05) is 18.2 Å². The summed E-state index contributed by atoms with van der Waals surface area (Å²) < 4.78 is 31.3. The molecule has 10 heteroatoms. The summed E-state index contributed by atoms with van der Waals surface area (Å²) in [6.07, 6.45) is 1.76. The molecule has 1 atom stereocenters. The van der Waals surface area contributed by atoms with Gasteiger partial charge in [0.25, 0.3) is 10.3 Å². The first-order chi connectivity index (χ1) is 17.2. The van der Waals surface area contributed by atoms with Gasteiger partial charge in [-0.25, -0.2) is 4.18 Å². The summed E-state index contributed by atoms with van der Waals surface area (Å²) in [6, 6.07) is 23.9. The van der Waals surface area contributed by atoms with Crippen molar-refractivity contribution in [2.24, 2.45) is 0 Å². The van der Waals surface area contributed by atoms with Crippen LogP contribution >= 0.6 is 35.3 Å². The Balaban J connectivity index is 1.58. The predicted octanol–water partition coefficient (Wildman–Crippen LogP) is 5.86. The van der Waals surface area contributed by atoms with Gasteiger partial charge in [-0.3, -0.25) is 9.69 Å². The lowest BCUT2D eigenvalue weighted by atomic mass is 10.2. The first-order valence-electron chi connectivity index (χ1n) is 11.1. The molecule has 0 aromatic heterocycles. The Morgan fingerprint density at radius 3 is 2.31 bits per heavy atom. The first-order valence-corrected chi connectivity index (χ1v) is 15.4. The number of carbonyl (C=O) groups excluding carboxylic acids is 1. The molecule has 0 spiro atoms. The second-order valence-corrected chi connectivity index (χ2v) is 13.3. The maximum Gasteiger partial charge on any atom is 0.300 e. The minimum absolute atomic E-state index is 0.0510. The van der Waals surface area contributed by atoms with Gasteiger partial charge in [0.15, 0.2) is 0 Å². The molecule has 2 heterocycles. The SMILES string of the molecule is CSC1(OS(=O)(=O)c2ccc(C)cc2)SC(=C2Sc3ccccc3N2C)C(=O)N1Cc1ccccc1. The molecule has 0 radical (unpaired) electrons. The molecule has 0 saturated carbocycles. The van der Waals surface area contributed by atoms with Crippen LogP contribution in [-0.2, 0) is 25.6 Å². The van der Waals surface area contributed by atoms with E-state index >= 15 is 0 Å². The van der Waals surface area contributed by atoms with Crippen LogP contribution in [0.2, 0.25) is 0 Å². The molecule has 0 aliphatic carbocycles. The standard InChI is InChI=1S/C26H24N2O4S4/c1-18-13-15-20(16-14-18)36(30,31)32-26(33-3)28(17-19-9-5-4-6-10-19)24(29)23(35-26)25-27(2)21-11-7-8-12-22(21)34-25/h4-16H,17H2,1-3H3. The van der Waals surface area contributed by atoms with Crippen molar-refractivity contribution in [1.82, 2.24) is 4.90 Å². The molecular formula is C26H24N2O4S4. The van der Waals surface area contributed by atoms with E-state index < -0.39 is 14.5 Å². The molecule has 1 saturated heterocycles. The molecule has 186 valence electrons. The van der Waals surface area contributed by atoms with Gasteiger partial charge >= 0.3 is 10.1 Å². The summed E-state index contributed by atoms with van der Waals surface area (Å²) in [5.74, 6) is -0.264. The van der Waals surface area contributed by atoms with E-state index in [4.69, 9.17) is 4.18 Å². The monoisotopic (exact) mass is 556 g/mol. The van der Waals surface area contributed by atoms with Gasteiger partial charge in [-0.2, -0.15) is 8.42 Å². The number of rotatable bonds is 6. The van der Waals surface area contributed by atoms with E-state index in [1.807, 2.05) is 73.5 Å².